The maximum atomic E-state index is 13.8. The predicted molar refractivity (Wildman–Crippen MR) is 108 cm³/mol. The van der Waals surface area contributed by atoms with Gasteiger partial charge in [-0.25, -0.2) is 4.79 Å². The smallest absolute Gasteiger partial charge is 0.318 e. The summed E-state index contributed by atoms with van der Waals surface area (Å²) in [4.78, 5) is 33.7. The second kappa shape index (κ2) is 5.86. The van der Waals surface area contributed by atoms with Crippen molar-refractivity contribution in [3.63, 3.8) is 0 Å². The van der Waals surface area contributed by atoms with Crippen molar-refractivity contribution in [2.75, 3.05) is 25.0 Å². The number of fused-ring (bicyclic) bond motifs is 6. The van der Waals surface area contributed by atoms with Gasteiger partial charge in [0.25, 0.3) is 5.91 Å². The van der Waals surface area contributed by atoms with Crippen molar-refractivity contribution in [1.82, 2.24) is 15.2 Å². The van der Waals surface area contributed by atoms with E-state index in [4.69, 9.17) is 0 Å². The third-order valence-corrected chi connectivity index (χ3v) is 6.01. The maximum Gasteiger partial charge on any atom is 0.318 e. The fraction of sp³-hybridized carbons (Fsp3) is 0.273. The minimum Gasteiger partial charge on any atom is -0.355 e. The molecule has 3 aromatic rings. The first-order chi connectivity index (χ1) is 13.6. The first-order valence-electron chi connectivity index (χ1n) is 9.64. The fourth-order valence-corrected chi connectivity index (χ4v) is 4.84. The average Bonchev–Trinajstić information content (AvgIpc) is 3.20. The molecule has 6 heteroatoms. The van der Waals surface area contributed by atoms with Crippen molar-refractivity contribution in [1.29, 1.82) is 0 Å². The van der Waals surface area contributed by atoms with Crippen molar-refractivity contribution >= 4 is 28.5 Å². The minimum atomic E-state index is -1.17. The van der Waals surface area contributed by atoms with Crippen LogP contribution in [0.2, 0.25) is 0 Å². The van der Waals surface area contributed by atoms with Crippen LogP contribution in [0.15, 0.2) is 48.5 Å². The Balaban J connectivity index is 1.86. The lowest BCUT2D eigenvalue weighted by atomic mass is 9.80. The number of hydrogen-bond acceptors (Lipinski definition) is 2. The lowest BCUT2D eigenvalue weighted by Crippen LogP contribution is -2.61. The Morgan fingerprint density at radius 3 is 2.75 bits per heavy atom. The number of urea groups is 1. The highest BCUT2D eigenvalue weighted by Gasteiger charge is 2.60. The number of likely N-dealkylation sites (N-methyl/N-ethyl adjacent to an activating group) is 1. The molecule has 1 atom stereocenters. The largest absolute Gasteiger partial charge is 0.355 e. The molecule has 142 valence electrons. The molecule has 5 rings (SSSR count). The van der Waals surface area contributed by atoms with E-state index < -0.39 is 5.54 Å². The maximum absolute atomic E-state index is 13.8. The monoisotopic (exact) mass is 374 g/mol. The van der Waals surface area contributed by atoms with Gasteiger partial charge < -0.3 is 20.1 Å². The molecule has 0 radical (unpaired) electrons. The van der Waals surface area contributed by atoms with E-state index in [1.54, 1.807) is 16.8 Å². The molecule has 6 nitrogen and oxygen atoms in total. The van der Waals surface area contributed by atoms with E-state index in [-0.39, 0.29) is 11.9 Å². The van der Waals surface area contributed by atoms with E-state index in [1.807, 2.05) is 49.4 Å². The van der Waals surface area contributed by atoms with Crippen LogP contribution >= 0.6 is 0 Å². The molecular weight excluding hydrogens is 352 g/mol. The van der Waals surface area contributed by atoms with Crippen LogP contribution in [0, 0.1) is 0 Å². The molecule has 3 amide bonds. The Morgan fingerprint density at radius 1 is 1.18 bits per heavy atom. The zero-order valence-electron chi connectivity index (χ0n) is 16.0. The van der Waals surface area contributed by atoms with Crippen LogP contribution in [0.3, 0.4) is 0 Å². The summed E-state index contributed by atoms with van der Waals surface area (Å²) in [6, 6.07) is 15.6. The lowest BCUT2D eigenvalue weighted by Gasteiger charge is -2.43. The molecule has 2 aromatic carbocycles. The Morgan fingerprint density at radius 2 is 1.93 bits per heavy atom. The molecule has 1 spiro atoms. The van der Waals surface area contributed by atoms with Gasteiger partial charge in [0.1, 0.15) is 0 Å². The Bertz CT molecular complexity index is 1120. The van der Waals surface area contributed by atoms with E-state index in [1.165, 1.54) is 0 Å². The highest BCUT2D eigenvalue weighted by molar-refractivity contribution is 6.12. The first kappa shape index (κ1) is 16.9. The topological polar surface area (TPSA) is 68.4 Å². The number of nitrogens with one attached hydrogen (secondary N) is 2. The van der Waals surface area contributed by atoms with Gasteiger partial charge in [-0.2, -0.15) is 0 Å². The number of hydrogen-bond donors (Lipinski definition) is 2. The fourth-order valence-electron chi connectivity index (χ4n) is 4.84. The van der Waals surface area contributed by atoms with Crippen LogP contribution in [0.4, 0.5) is 10.5 Å². The second-order valence-electron chi connectivity index (χ2n) is 7.35. The molecular formula is C22H22N4O2. The van der Waals surface area contributed by atoms with Crippen LogP contribution in [0.5, 0.6) is 0 Å². The van der Waals surface area contributed by atoms with Crippen LogP contribution < -0.4 is 10.2 Å². The quantitative estimate of drug-likeness (QED) is 0.688. The summed E-state index contributed by atoms with van der Waals surface area (Å²) in [5.41, 5.74) is 3.44. The molecule has 2 aliphatic rings. The van der Waals surface area contributed by atoms with E-state index in [2.05, 4.69) is 16.4 Å². The normalized spacial score (nSPS) is 20.6. The number of anilines is 1. The number of carbonyl (C=O) groups is 2. The molecule has 0 saturated heterocycles. The lowest BCUT2D eigenvalue weighted by molar-refractivity contribution is -0.126. The summed E-state index contributed by atoms with van der Waals surface area (Å²) in [5, 5.41) is 4.02. The van der Waals surface area contributed by atoms with Crippen LogP contribution in [-0.2, 0) is 16.8 Å². The molecule has 1 aromatic heterocycles. The van der Waals surface area contributed by atoms with Crippen LogP contribution in [-0.4, -0.2) is 42.0 Å². The molecule has 0 aliphatic carbocycles. The van der Waals surface area contributed by atoms with Crippen molar-refractivity contribution < 1.29 is 9.59 Å². The van der Waals surface area contributed by atoms with Crippen LogP contribution in [0.25, 0.3) is 10.9 Å². The molecule has 0 unspecified atom stereocenters. The summed E-state index contributed by atoms with van der Waals surface area (Å²) in [5.74, 6) is -0.104. The molecule has 3 heterocycles. The van der Waals surface area contributed by atoms with E-state index >= 15 is 0 Å². The van der Waals surface area contributed by atoms with Gasteiger partial charge in [-0.3, -0.25) is 4.79 Å². The third-order valence-electron chi connectivity index (χ3n) is 6.01. The number of para-hydroxylation sites is 2. The Labute approximate surface area is 163 Å². The summed E-state index contributed by atoms with van der Waals surface area (Å²) in [6.45, 7) is 2.88. The molecule has 2 aliphatic heterocycles. The molecule has 2 N–H and O–H groups in total. The molecule has 0 bridgehead atoms. The number of nitrogens with zero attached hydrogens (tertiary/aromatic N) is 2. The summed E-state index contributed by atoms with van der Waals surface area (Å²) in [6.07, 6.45) is 0.706. The second-order valence-corrected chi connectivity index (χ2v) is 7.35. The summed E-state index contributed by atoms with van der Waals surface area (Å²) in [7, 11) is 1.78. The van der Waals surface area contributed by atoms with E-state index in [0.717, 1.165) is 33.4 Å². The van der Waals surface area contributed by atoms with Gasteiger partial charge >= 0.3 is 6.03 Å². The predicted octanol–water partition coefficient (Wildman–Crippen LogP) is 2.98. The van der Waals surface area contributed by atoms with E-state index in [9.17, 15) is 9.59 Å². The summed E-state index contributed by atoms with van der Waals surface area (Å²) >= 11 is 0. The van der Waals surface area contributed by atoms with Crippen molar-refractivity contribution in [2.45, 2.75) is 18.9 Å². The number of aromatic amines is 1. The number of H-pyrrole nitrogens is 1. The van der Waals surface area contributed by atoms with Gasteiger partial charge in [0, 0.05) is 42.3 Å². The zero-order valence-corrected chi connectivity index (χ0v) is 16.0. The Hall–Kier alpha value is -3.28. The highest BCUT2D eigenvalue weighted by atomic mass is 16.2. The number of benzene rings is 2. The molecule has 0 saturated carbocycles. The first-order valence-corrected chi connectivity index (χ1v) is 9.64. The third kappa shape index (κ3) is 1.92. The van der Waals surface area contributed by atoms with Crippen LogP contribution in [0.1, 0.15) is 23.7 Å². The number of amides is 3. The molecule has 0 fully saturated rings. The zero-order chi connectivity index (χ0) is 19.5. The number of carbonyl (C=O) groups excluding carboxylic acids is 2. The minimum absolute atomic E-state index is 0.104. The van der Waals surface area contributed by atoms with E-state index in [0.29, 0.717) is 19.5 Å². The Kier molecular flexibility index (Phi) is 3.53. The van der Waals surface area contributed by atoms with Gasteiger partial charge in [0.2, 0.25) is 0 Å². The van der Waals surface area contributed by atoms with Crippen molar-refractivity contribution in [3.05, 3.63) is 65.4 Å². The van der Waals surface area contributed by atoms with Gasteiger partial charge in [-0.05, 0) is 31.0 Å². The highest BCUT2D eigenvalue weighted by Crippen LogP contribution is 2.51. The standard InChI is InChI=1S/C22H22N4O2/c1-3-23-21(28)26-13-12-15-14-8-4-6-10-17(14)24-19(15)22(26)16-9-5-7-11-18(16)25(2)20(22)27/h4-11,24H,3,12-13H2,1-2H3,(H,23,28)/t22-/m1/s1. The van der Waals surface area contributed by atoms with Crippen molar-refractivity contribution in [2.24, 2.45) is 0 Å². The van der Waals surface area contributed by atoms with Gasteiger partial charge in [-0.1, -0.05) is 36.4 Å². The number of rotatable bonds is 1. The summed E-state index contributed by atoms with van der Waals surface area (Å²) < 4.78 is 0. The van der Waals surface area contributed by atoms with Crippen molar-refractivity contribution in [3.8, 4) is 0 Å². The number of aromatic nitrogens is 1. The van der Waals surface area contributed by atoms with Gasteiger partial charge in [0.05, 0.1) is 5.69 Å². The molecule has 28 heavy (non-hydrogen) atoms. The van der Waals surface area contributed by atoms with Gasteiger partial charge in [0.15, 0.2) is 5.54 Å². The SMILES string of the molecule is CCNC(=O)N1CCc2c([nH]c3ccccc23)[C@]12C(=O)N(C)c1ccccc12. The average molecular weight is 374 g/mol. The van der Waals surface area contributed by atoms with Gasteiger partial charge in [-0.15, -0.1) is 0 Å².